The molecule has 0 atom stereocenters. The molecule has 0 unspecified atom stereocenters. The Morgan fingerprint density at radius 2 is 2.12 bits per heavy atom. The molecule has 3 aromatic heterocycles. The Bertz CT molecular complexity index is 894. The molecule has 26 heavy (non-hydrogen) atoms. The first-order valence-corrected chi connectivity index (χ1v) is 8.69. The molecule has 4 rings (SSSR count). The number of nitrogens with zero attached hydrogens (tertiary/aromatic N) is 4. The summed E-state index contributed by atoms with van der Waals surface area (Å²) < 4.78 is 12.8. The lowest BCUT2D eigenvalue weighted by Gasteiger charge is -2.27. The van der Waals surface area contributed by atoms with Gasteiger partial charge in [-0.25, -0.2) is 4.98 Å². The molecule has 1 aliphatic rings. The highest BCUT2D eigenvalue weighted by Crippen LogP contribution is 2.19. The van der Waals surface area contributed by atoms with Crippen molar-refractivity contribution in [3.05, 3.63) is 65.5 Å². The first-order chi connectivity index (χ1) is 12.6. The van der Waals surface area contributed by atoms with E-state index in [1.165, 1.54) is 0 Å². The van der Waals surface area contributed by atoms with Crippen LogP contribution in [-0.4, -0.2) is 38.9 Å². The molecule has 0 saturated heterocycles. The molecule has 136 valence electrons. The Kier molecular flexibility index (Phi) is 4.38. The average Bonchev–Trinajstić information content (AvgIpc) is 3.34. The molecule has 0 saturated carbocycles. The highest BCUT2D eigenvalue weighted by Gasteiger charge is 2.25. The number of aryl methyl sites for hydroxylation is 1. The van der Waals surface area contributed by atoms with Crippen molar-refractivity contribution in [3.63, 3.8) is 0 Å². The van der Waals surface area contributed by atoms with Crippen molar-refractivity contribution in [2.45, 2.75) is 33.1 Å². The van der Waals surface area contributed by atoms with E-state index in [-0.39, 0.29) is 5.91 Å². The lowest BCUT2D eigenvalue weighted by atomic mass is 10.2. The van der Waals surface area contributed by atoms with Crippen molar-refractivity contribution in [3.8, 4) is 0 Å². The second-order valence-corrected chi connectivity index (χ2v) is 6.71. The number of carbonyl (C=O) groups excluding carboxylic acids is 1. The van der Waals surface area contributed by atoms with Crippen molar-refractivity contribution in [2.24, 2.45) is 0 Å². The normalized spacial score (nSPS) is 14.0. The van der Waals surface area contributed by atoms with Crippen molar-refractivity contribution in [2.75, 3.05) is 13.6 Å². The van der Waals surface area contributed by atoms with Gasteiger partial charge in [-0.05, 0) is 32.2 Å². The SMILES string of the molecule is Cc1occc1C(=O)N1CCn2cc(CN(C)Cc3ccco3)nc2C1. The Morgan fingerprint density at radius 3 is 2.85 bits per heavy atom. The summed E-state index contributed by atoms with van der Waals surface area (Å²) in [6, 6.07) is 5.59. The molecule has 0 spiro atoms. The van der Waals surface area contributed by atoms with Crippen LogP contribution < -0.4 is 0 Å². The highest BCUT2D eigenvalue weighted by molar-refractivity contribution is 5.95. The van der Waals surface area contributed by atoms with E-state index in [0.29, 0.717) is 24.4 Å². The fraction of sp³-hybridized carbons (Fsp3) is 0.368. The molecule has 0 aliphatic carbocycles. The molecule has 0 N–H and O–H groups in total. The monoisotopic (exact) mass is 354 g/mol. The van der Waals surface area contributed by atoms with Gasteiger partial charge in [0.05, 0.1) is 36.9 Å². The van der Waals surface area contributed by atoms with Gasteiger partial charge in [-0.3, -0.25) is 9.69 Å². The van der Waals surface area contributed by atoms with Gasteiger partial charge in [0, 0.05) is 25.8 Å². The Balaban J connectivity index is 1.42. The zero-order valence-electron chi connectivity index (χ0n) is 15.0. The van der Waals surface area contributed by atoms with Crippen LogP contribution in [0.1, 0.15) is 33.4 Å². The zero-order chi connectivity index (χ0) is 18.1. The summed E-state index contributed by atoms with van der Waals surface area (Å²) >= 11 is 0. The number of furan rings is 2. The molecule has 7 heteroatoms. The fourth-order valence-electron chi connectivity index (χ4n) is 3.34. The van der Waals surface area contributed by atoms with E-state index in [4.69, 9.17) is 13.8 Å². The Labute approximate surface area is 151 Å². The highest BCUT2D eigenvalue weighted by atomic mass is 16.3. The second kappa shape index (κ2) is 6.84. The molecule has 0 fully saturated rings. The molecule has 1 amide bonds. The third kappa shape index (κ3) is 3.30. The third-order valence-corrected chi connectivity index (χ3v) is 4.67. The maximum absolute atomic E-state index is 12.7. The van der Waals surface area contributed by atoms with Gasteiger partial charge in [0.1, 0.15) is 17.3 Å². The van der Waals surface area contributed by atoms with Crippen molar-refractivity contribution in [1.29, 1.82) is 0 Å². The predicted molar refractivity (Wildman–Crippen MR) is 94.3 cm³/mol. The van der Waals surface area contributed by atoms with Crippen LogP contribution in [0.25, 0.3) is 0 Å². The van der Waals surface area contributed by atoms with E-state index in [1.807, 2.05) is 31.0 Å². The van der Waals surface area contributed by atoms with Crippen LogP contribution in [0.15, 0.2) is 45.8 Å². The summed E-state index contributed by atoms with van der Waals surface area (Å²) in [5.41, 5.74) is 1.63. The summed E-state index contributed by atoms with van der Waals surface area (Å²) in [5.74, 6) is 2.52. The number of imidazole rings is 1. The van der Waals surface area contributed by atoms with Crippen molar-refractivity contribution < 1.29 is 13.6 Å². The van der Waals surface area contributed by atoms with Crippen molar-refractivity contribution >= 4 is 5.91 Å². The molecule has 3 aromatic rings. The number of rotatable bonds is 5. The van der Waals surface area contributed by atoms with Crippen LogP contribution >= 0.6 is 0 Å². The zero-order valence-corrected chi connectivity index (χ0v) is 15.0. The number of aromatic nitrogens is 2. The molecule has 7 nitrogen and oxygen atoms in total. The molecular weight excluding hydrogens is 332 g/mol. The van der Waals surface area contributed by atoms with Gasteiger partial charge in [-0.15, -0.1) is 0 Å². The van der Waals surface area contributed by atoms with E-state index < -0.39 is 0 Å². The molecule has 0 aromatic carbocycles. The predicted octanol–water partition coefficient (Wildman–Crippen LogP) is 2.67. The average molecular weight is 354 g/mol. The molecule has 0 radical (unpaired) electrons. The molecule has 0 bridgehead atoms. The van der Waals surface area contributed by atoms with E-state index in [0.717, 1.165) is 36.9 Å². The number of hydrogen-bond donors (Lipinski definition) is 0. The number of fused-ring (bicyclic) bond motifs is 1. The van der Waals surface area contributed by atoms with Gasteiger partial charge in [-0.2, -0.15) is 0 Å². The van der Waals surface area contributed by atoms with E-state index in [2.05, 4.69) is 15.7 Å². The van der Waals surface area contributed by atoms with Gasteiger partial charge in [-0.1, -0.05) is 0 Å². The first kappa shape index (κ1) is 16.7. The summed E-state index contributed by atoms with van der Waals surface area (Å²) in [6.07, 6.45) is 5.32. The van der Waals surface area contributed by atoms with Gasteiger partial charge in [0.25, 0.3) is 5.91 Å². The Hall–Kier alpha value is -2.80. The minimum atomic E-state index is 0.00184. The molecular formula is C19H22N4O3. The maximum atomic E-state index is 12.7. The van der Waals surface area contributed by atoms with Crippen LogP contribution in [0.5, 0.6) is 0 Å². The largest absolute Gasteiger partial charge is 0.469 e. The second-order valence-electron chi connectivity index (χ2n) is 6.71. The standard InChI is InChI=1S/C19H22N4O3/c1-14-17(5-9-25-14)19(24)23-7-6-22-11-15(20-18(22)13-23)10-21(2)12-16-4-3-8-26-16/h3-5,8-9,11H,6-7,10,12-13H2,1-2H3. The van der Waals surface area contributed by atoms with Gasteiger partial charge < -0.3 is 18.3 Å². The van der Waals surface area contributed by atoms with Crippen LogP contribution in [0.2, 0.25) is 0 Å². The smallest absolute Gasteiger partial charge is 0.257 e. The topological polar surface area (TPSA) is 67.7 Å². The maximum Gasteiger partial charge on any atom is 0.257 e. The molecule has 1 aliphatic heterocycles. The number of carbonyl (C=O) groups is 1. The summed E-state index contributed by atoms with van der Waals surface area (Å²) in [4.78, 5) is 21.4. The quantitative estimate of drug-likeness (QED) is 0.705. The summed E-state index contributed by atoms with van der Waals surface area (Å²) in [7, 11) is 2.04. The van der Waals surface area contributed by atoms with Crippen LogP contribution in [0, 0.1) is 6.92 Å². The van der Waals surface area contributed by atoms with E-state index in [9.17, 15) is 4.79 Å². The van der Waals surface area contributed by atoms with Gasteiger partial charge >= 0.3 is 0 Å². The summed E-state index contributed by atoms with van der Waals surface area (Å²) in [5, 5.41) is 0. The van der Waals surface area contributed by atoms with Gasteiger partial charge in [0.15, 0.2) is 0 Å². The molecule has 4 heterocycles. The van der Waals surface area contributed by atoms with E-state index in [1.54, 1.807) is 18.6 Å². The number of amides is 1. The fourth-order valence-corrected chi connectivity index (χ4v) is 3.34. The third-order valence-electron chi connectivity index (χ3n) is 4.67. The van der Waals surface area contributed by atoms with Crippen LogP contribution in [0.4, 0.5) is 0 Å². The summed E-state index contributed by atoms with van der Waals surface area (Å²) in [6.45, 7) is 5.23. The van der Waals surface area contributed by atoms with Crippen LogP contribution in [-0.2, 0) is 26.2 Å². The number of hydrogen-bond acceptors (Lipinski definition) is 5. The Morgan fingerprint density at radius 1 is 1.23 bits per heavy atom. The lowest BCUT2D eigenvalue weighted by Crippen LogP contribution is -2.38. The van der Waals surface area contributed by atoms with Gasteiger partial charge in [0.2, 0.25) is 0 Å². The van der Waals surface area contributed by atoms with Crippen molar-refractivity contribution in [1.82, 2.24) is 19.4 Å². The lowest BCUT2D eigenvalue weighted by molar-refractivity contribution is 0.0705. The van der Waals surface area contributed by atoms with E-state index >= 15 is 0 Å². The minimum Gasteiger partial charge on any atom is -0.469 e. The van der Waals surface area contributed by atoms with Crippen LogP contribution in [0.3, 0.4) is 0 Å². The first-order valence-electron chi connectivity index (χ1n) is 8.69. The minimum absolute atomic E-state index is 0.00184.